The summed E-state index contributed by atoms with van der Waals surface area (Å²) in [6.07, 6.45) is 1.44. The Morgan fingerprint density at radius 3 is 2.42 bits per heavy atom. The number of allylic oxidation sites excluding steroid dienone is 2. The summed E-state index contributed by atoms with van der Waals surface area (Å²) < 4.78 is 44.8. The molecule has 1 aromatic rings. The Morgan fingerprint density at radius 2 is 1.81 bits per heavy atom. The fourth-order valence-corrected chi connectivity index (χ4v) is 2.61. The summed E-state index contributed by atoms with van der Waals surface area (Å²) in [5, 5.41) is 10.9. The third-order valence-corrected chi connectivity index (χ3v) is 3.81. The van der Waals surface area contributed by atoms with E-state index < -0.39 is 53.4 Å². The average molecular weight is 360 g/mol. The summed E-state index contributed by atoms with van der Waals surface area (Å²) in [4.78, 5) is 25.3. The van der Waals surface area contributed by atoms with Gasteiger partial charge in [0, 0.05) is 11.1 Å². The van der Waals surface area contributed by atoms with Crippen LogP contribution in [-0.4, -0.2) is 11.8 Å². The van der Waals surface area contributed by atoms with Crippen molar-refractivity contribution in [1.29, 1.82) is 0 Å². The van der Waals surface area contributed by atoms with E-state index in [2.05, 4.69) is 27.8 Å². The van der Waals surface area contributed by atoms with Crippen molar-refractivity contribution in [2.45, 2.75) is 26.8 Å². The van der Waals surface area contributed by atoms with Crippen LogP contribution in [0.2, 0.25) is 0 Å². The molecule has 1 atom stereocenters. The van der Waals surface area contributed by atoms with Crippen LogP contribution in [0.5, 0.6) is 0 Å². The topological polar surface area (TPSA) is 82.3 Å². The fraction of sp³-hybridized carbons (Fsp3) is 0.263. The minimum absolute atomic E-state index is 0.0747. The number of hydrogen-bond acceptors (Lipinski definition) is 4. The Labute approximate surface area is 156 Å². The molecule has 3 rings (SSSR count). The average Bonchev–Trinajstić information content (AvgIpc) is 3.03. The molecule has 4 N–H and O–H groups in total. The highest BCUT2D eigenvalue weighted by molar-refractivity contribution is 6.05. The Hall–Kier alpha value is -3.09. The second-order valence-electron chi connectivity index (χ2n) is 6.95. The predicted octanol–water partition coefficient (Wildman–Crippen LogP) is 1.92. The number of piperazine rings is 1. The van der Waals surface area contributed by atoms with Gasteiger partial charge in [0.05, 0.1) is 11.2 Å². The molecule has 0 spiro atoms. The van der Waals surface area contributed by atoms with Crippen LogP contribution in [-0.2, 0) is 9.59 Å². The van der Waals surface area contributed by atoms with E-state index in [1.54, 1.807) is 0 Å². The number of nitrogens with one attached hydrogen (secondary N) is 4. The number of hydrogen-bond donors (Lipinski definition) is 4. The van der Waals surface area contributed by atoms with Crippen molar-refractivity contribution >= 4 is 11.8 Å². The smallest absolute Gasteiger partial charge is 0.268 e. The zero-order valence-electron chi connectivity index (χ0n) is 18.6. The van der Waals surface area contributed by atoms with Crippen LogP contribution in [0, 0.1) is 11.2 Å². The molecule has 7 heteroatoms. The van der Waals surface area contributed by atoms with Gasteiger partial charge < -0.3 is 21.3 Å². The minimum Gasteiger partial charge on any atom is -0.344 e. The highest BCUT2D eigenvalue weighted by Crippen LogP contribution is 2.30. The maximum absolute atomic E-state index is 13.8. The summed E-state index contributed by atoms with van der Waals surface area (Å²) in [5.41, 5.74) is 0.527. The molecule has 1 fully saturated rings. The molecule has 2 aliphatic heterocycles. The lowest BCUT2D eigenvalue weighted by molar-refractivity contribution is -0.131. The number of carbonyl (C=O) groups is 2. The van der Waals surface area contributed by atoms with Crippen LogP contribution < -0.4 is 21.3 Å². The van der Waals surface area contributed by atoms with Gasteiger partial charge in [0.25, 0.3) is 11.8 Å². The zero-order valence-corrected chi connectivity index (χ0v) is 14.6. The van der Waals surface area contributed by atoms with E-state index in [0.29, 0.717) is 11.5 Å². The Kier molecular flexibility index (Phi) is 3.20. The third-order valence-electron chi connectivity index (χ3n) is 3.81. The molecule has 26 heavy (non-hydrogen) atoms. The first kappa shape index (κ1) is 13.2. The van der Waals surface area contributed by atoms with Crippen LogP contribution in [0.4, 0.5) is 4.39 Å². The van der Waals surface area contributed by atoms with E-state index in [-0.39, 0.29) is 11.1 Å². The van der Waals surface area contributed by atoms with Gasteiger partial charge in [-0.3, -0.25) is 9.59 Å². The van der Waals surface area contributed by atoms with Crippen molar-refractivity contribution in [3.63, 3.8) is 0 Å². The third kappa shape index (κ3) is 3.46. The van der Waals surface area contributed by atoms with Gasteiger partial charge in [-0.05, 0) is 23.7 Å². The number of amides is 2. The highest BCUT2D eigenvalue weighted by Gasteiger charge is 2.32. The quantitative estimate of drug-likeness (QED) is 0.608. The van der Waals surface area contributed by atoms with E-state index in [9.17, 15) is 14.0 Å². The van der Waals surface area contributed by atoms with Crippen LogP contribution in [0.25, 0.3) is 0 Å². The largest absolute Gasteiger partial charge is 0.344 e. The molecule has 0 radical (unpaired) electrons. The monoisotopic (exact) mass is 360 g/mol. The standard InChI is InChI=1S/C19H21FN4O2/c1-10-21-13(16(22-10)19(2,3)4)9-14-17(25)24-15(18(26)23-14)11-5-7-12(20)8-6-11/h5-9,15,21-22H,1H2,2-4H3,(H,23,26)(H,24,25)/b14-9-/i5D,6D,7D,8D. The number of rotatable bonds is 2. The second-order valence-corrected chi connectivity index (χ2v) is 6.95. The first-order valence-corrected chi connectivity index (χ1v) is 7.89. The molecule has 2 aliphatic rings. The van der Waals surface area contributed by atoms with Crippen LogP contribution in [0.15, 0.2) is 59.7 Å². The molecule has 1 aromatic carbocycles. The Balaban J connectivity index is 1.98. The molecular weight excluding hydrogens is 335 g/mol. The van der Waals surface area contributed by atoms with Gasteiger partial charge in [0.15, 0.2) is 0 Å². The molecular formula is C19H21FN4O2. The lowest BCUT2D eigenvalue weighted by Gasteiger charge is -2.26. The van der Waals surface area contributed by atoms with E-state index in [0.717, 1.165) is 5.70 Å². The van der Waals surface area contributed by atoms with Crippen molar-refractivity contribution < 1.29 is 19.5 Å². The maximum Gasteiger partial charge on any atom is 0.268 e. The van der Waals surface area contributed by atoms with Crippen LogP contribution >= 0.6 is 0 Å². The fourth-order valence-electron chi connectivity index (χ4n) is 2.61. The van der Waals surface area contributed by atoms with Gasteiger partial charge in [0.2, 0.25) is 0 Å². The van der Waals surface area contributed by atoms with Gasteiger partial charge >= 0.3 is 0 Å². The van der Waals surface area contributed by atoms with Crippen molar-refractivity contribution in [2.24, 2.45) is 5.41 Å². The summed E-state index contributed by atoms with van der Waals surface area (Å²) in [5.74, 6) is -2.27. The molecule has 6 nitrogen and oxygen atoms in total. The van der Waals surface area contributed by atoms with Crippen molar-refractivity contribution in [3.05, 3.63) is 71.1 Å². The normalized spacial score (nSPS) is 24.2. The number of benzene rings is 1. The molecule has 136 valence electrons. The molecule has 2 heterocycles. The first-order valence-electron chi connectivity index (χ1n) is 9.89. The summed E-state index contributed by atoms with van der Waals surface area (Å²) >= 11 is 0. The molecule has 0 aromatic heterocycles. The van der Waals surface area contributed by atoms with Crippen molar-refractivity contribution in [2.75, 3.05) is 0 Å². The first-order chi connectivity index (χ1) is 13.8. The second kappa shape index (κ2) is 6.33. The number of carbonyl (C=O) groups excluding carboxylic acids is 2. The summed E-state index contributed by atoms with van der Waals surface area (Å²) in [6.45, 7) is 9.68. The van der Waals surface area contributed by atoms with E-state index in [1.165, 1.54) is 6.08 Å². The molecule has 1 saturated heterocycles. The lowest BCUT2D eigenvalue weighted by Crippen LogP contribution is -2.49. The van der Waals surface area contributed by atoms with E-state index >= 15 is 0 Å². The molecule has 0 aliphatic carbocycles. The highest BCUT2D eigenvalue weighted by atomic mass is 19.1. The maximum atomic E-state index is 13.8. The Bertz CT molecular complexity index is 1030. The van der Waals surface area contributed by atoms with E-state index in [4.69, 9.17) is 5.48 Å². The van der Waals surface area contributed by atoms with Gasteiger partial charge in [-0.25, -0.2) is 4.39 Å². The predicted molar refractivity (Wildman–Crippen MR) is 95.4 cm³/mol. The Morgan fingerprint density at radius 1 is 1.15 bits per heavy atom. The minimum atomic E-state index is -1.50. The summed E-state index contributed by atoms with van der Waals surface area (Å²) in [7, 11) is 0. The zero-order chi connectivity index (χ0) is 22.5. The number of halogens is 1. The molecule has 1 unspecified atom stereocenters. The van der Waals surface area contributed by atoms with Gasteiger partial charge in [-0.2, -0.15) is 0 Å². The van der Waals surface area contributed by atoms with Gasteiger partial charge in [-0.1, -0.05) is 39.4 Å². The lowest BCUT2D eigenvalue weighted by atomic mass is 9.90. The van der Waals surface area contributed by atoms with Crippen molar-refractivity contribution in [1.82, 2.24) is 21.3 Å². The van der Waals surface area contributed by atoms with Crippen LogP contribution in [0.1, 0.15) is 37.9 Å². The van der Waals surface area contributed by atoms with Gasteiger partial charge in [0.1, 0.15) is 23.4 Å². The van der Waals surface area contributed by atoms with E-state index in [1.807, 2.05) is 20.8 Å². The SMILES string of the molecule is [2H]c1c([2H])c(C2NC(=O)/C(=C/C3=C(C(C)(C)C)NC(=C)N3)NC2=O)c([2H])c([2H])c1F. The van der Waals surface area contributed by atoms with Gasteiger partial charge in [-0.15, -0.1) is 0 Å². The van der Waals surface area contributed by atoms with Crippen LogP contribution in [0.3, 0.4) is 0 Å². The molecule has 0 bridgehead atoms. The summed E-state index contributed by atoms with van der Waals surface area (Å²) in [6, 6.07) is -4.76. The molecule has 2 amide bonds. The molecule has 0 saturated carbocycles. The van der Waals surface area contributed by atoms with Crippen molar-refractivity contribution in [3.8, 4) is 0 Å².